The van der Waals surface area contributed by atoms with E-state index in [-0.39, 0.29) is 0 Å². The molecule has 0 radical (unpaired) electrons. The molecule has 110 valence electrons. The van der Waals surface area contributed by atoms with Crippen LogP contribution in [0.5, 0.6) is 0 Å². The summed E-state index contributed by atoms with van der Waals surface area (Å²) < 4.78 is 0. The summed E-state index contributed by atoms with van der Waals surface area (Å²) >= 11 is 24.3. The van der Waals surface area contributed by atoms with Crippen LogP contribution in [0.2, 0.25) is 20.1 Å². The van der Waals surface area contributed by atoms with Gasteiger partial charge in [0.2, 0.25) is 0 Å². The second-order valence-electron chi connectivity index (χ2n) is 4.90. The summed E-state index contributed by atoms with van der Waals surface area (Å²) in [5.41, 5.74) is 3.98. The van der Waals surface area contributed by atoms with Gasteiger partial charge in [0.1, 0.15) is 0 Å². The molecular weight excluding hydrogens is 358 g/mol. The normalized spacial score (nSPS) is 10.7. The van der Waals surface area contributed by atoms with Gasteiger partial charge in [-0.1, -0.05) is 64.6 Å². The van der Waals surface area contributed by atoms with Crippen LogP contribution in [0.4, 0.5) is 0 Å². The van der Waals surface area contributed by atoms with Crippen molar-refractivity contribution in [3.8, 4) is 22.3 Å². The number of halogens is 4. The van der Waals surface area contributed by atoms with Crippen molar-refractivity contribution in [3.63, 3.8) is 0 Å². The van der Waals surface area contributed by atoms with Crippen molar-refractivity contribution < 1.29 is 0 Å². The highest BCUT2D eigenvalue weighted by atomic mass is 35.5. The lowest BCUT2D eigenvalue weighted by molar-refractivity contribution is 1.58. The first kappa shape index (κ1) is 15.7. The molecule has 0 heterocycles. The summed E-state index contributed by atoms with van der Waals surface area (Å²) in [6, 6.07) is 19.0. The molecule has 0 aromatic heterocycles. The topological polar surface area (TPSA) is 0 Å². The first-order chi connectivity index (χ1) is 10.5. The van der Waals surface area contributed by atoms with Crippen molar-refractivity contribution in [3.05, 3.63) is 80.8 Å². The summed E-state index contributed by atoms with van der Waals surface area (Å²) in [5.74, 6) is 0. The lowest BCUT2D eigenvalue weighted by Crippen LogP contribution is -1.83. The Balaban J connectivity index is 2.09. The zero-order chi connectivity index (χ0) is 15.7. The summed E-state index contributed by atoms with van der Waals surface area (Å²) in [7, 11) is 0. The largest absolute Gasteiger partial charge is 0.0843 e. The van der Waals surface area contributed by atoms with Crippen molar-refractivity contribution in [1.82, 2.24) is 0 Å². The maximum absolute atomic E-state index is 6.08. The molecule has 0 aliphatic heterocycles. The van der Waals surface area contributed by atoms with Crippen molar-refractivity contribution in [2.45, 2.75) is 0 Å². The Kier molecular flexibility index (Phi) is 4.65. The highest BCUT2D eigenvalue weighted by Crippen LogP contribution is 2.32. The molecule has 0 nitrogen and oxygen atoms in total. The molecule has 0 fully saturated rings. The lowest BCUT2D eigenvalue weighted by Gasteiger charge is -2.08. The van der Waals surface area contributed by atoms with Crippen LogP contribution in [-0.2, 0) is 0 Å². The third-order valence-electron chi connectivity index (χ3n) is 3.25. The fraction of sp³-hybridized carbons (Fsp3) is 0. The van der Waals surface area contributed by atoms with E-state index in [2.05, 4.69) is 6.07 Å². The standard InChI is InChI=1S/C18H10Cl4/c19-15-5-13(6-16(20)9-15)11-2-1-3-12(4-11)14-7-17(21)10-18(22)8-14/h1-10H. The zero-order valence-corrected chi connectivity index (χ0v) is 14.3. The van der Waals surface area contributed by atoms with Crippen LogP contribution in [0, 0.1) is 0 Å². The molecule has 0 bridgehead atoms. The highest BCUT2D eigenvalue weighted by molar-refractivity contribution is 6.35. The summed E-state index contributed by atoms with van der Waals surface area (Å²) in [5, 5.41) is 2.44. The van der Waals surface area contributed by atoms with E-state index in [1.54, 1.807) is 12.1 Å². The number of benzene rings is 3. The molecule has 3 rings (SSSR count). The summed E-state index contributed by atoms with van der Waals surface area (Å²) in [6.45, 7) is 0. The van der Waals surface area contributed by atoms with Crippen LogP contribution in [0.15, 0.2) is 60.7 Å². The average Bonchev–Trinajstić information content (AvgIpc) is 2.45. The number of rotatable bonds is 2. The van der Waals surface area contributed by atoms with Gasteiger partial charge in [0.25, 0.3) is 0 Å². The predicted octanol–water partition coefficient (Wildman–Crippen LogP) is 7.63. The lowest BCUT2D eigenvalue weighted by atomic mass is 9.99. The maximum atomic E-state index is 6.08. The first-order valence-corrected chi connectivity index (χ1v) is 8.05. The first-order valence-electron chi connectivity index (χ1n) is 6.54. The minimum absolute atomic E-state index is 0.610. The van der Waals surface area contributed by atoms with Gasteiger partial charge in [-0.3, -0.25) is 0 Å². The maximum Gasteiger partial charge on any atom is 0.0426 e. The van der Waals surface area contributed by atoms with E-state index in [9.17, 15) is 0 Å². The molecule has 0 unspecified atom stereocenters. The van der Waals surface area contributed by atoms with Crippen molar-refractivity contribution in [2.24, 2.45) is 0 Å². The Hall–Kier alpha value is -1.18. The van der Waals surface area contributed by atoms with Gasteiger partial charge in [-0.05, 0) is 64.7 Å². The fourth-order valence-corrected chi connectivity index (χ4v) is 3.37. The average molecular weight is 368 g/mol. The fourth-order valence-electron chi connectivity index (χ4n) is 2.32. The van der Waals surface area contributed by atoms with E-state index in [1.807, 2.05) is 42.5 Å². The number of hydrogen-bond acceptors (Lipinski definition) is 0. The molecule has 22 heavy (non-hydrogen) atoms. The van der Waals surface area contributed by atoms with Gasteiger partial charge in [0.05, 0.1) is 0 Å². The minimum atomic E-state index is 0.610. The van der Waals surface area contributed by atoms with Gasteiger partial charge in [-0.25, -0.2) is 0 Å². The minimum Gasteiger partial charge on any atom is -0.0843 e. The van der Waals surface area contributed by atoms with E-state index >= 15 is 0 Å². The van der Waals surface area contributed by atoms with Gasteiger partial charge in [0.15, 0.2) is 0 Å². The van der Waals surface area contributed by atoms with E-state index in [0.29, 0.717) is 20.1 Å². The Morgan fingerprint density at radius 2 is 0.773 bits per heavy atom. The SMILES string of the molecule is Clc1cc(Cl)cc(-c2cccc(-c3cc(Cl)cc(Cl)c3)c2)c1. The van der Waals surface area contributed by atoms with Gasteiger partial charge in [-0.2, -0.15) is 0 Å². The van der Waals surface area contributed by atoms with E-state index in [1.165, 1.54) is 0 Å². The third kappa shape index (κ3) is 3.59. The second kappa shape index (κ2) is 6.52. The molecule has 0 N–H and O–H groups in total. The monoisotopic (exact) mass is 366 g/mol. The van der Waals surface area contributed by atoms with Crippen LogP contribution in [0.1, 0.15) is 0 Å². The van der Waals surface area contributed by atoms with Crippen LogP contribution >= 0.6 is 46.4 Å². The summed E-state index contributed by atoms with van der Waals surface area (Å²) in [6.07, 6.45) is 0. The van der Waals surface area contributed by atoms with Crippen LogP contribution in [0.25, 0.3) is 22.3 Å². The van der Waals surface area contributed by atoms with Gasteiger partial charge >= 0.3 is 0 Å². The van der Waals surface area contributed by atoms with Crippen molar-refractivity contribution in [2.75, 3.05) is 0 Å². The molecule has 0 saturated heterocycles. The molecule has 0 aliphatic rings. The highest BCUT2D eigenvalue weighted by Gasteiger charge is 2.05. The molecule has 0 atom stereocenters. The van der Waals surface area contributed by atoms with Gasteiger partial charge in [-0.15, -0.1) is 0 Å². The van der Waals surface area contributed by atoms with Gasteiger partial charge in [0, 0.05) is 20.1 Å². The zero-order valence-electron chi connectivity index (χ0n) is 11.3. The number of hydrogen-bond donors (Lipinski definition) is 0. The quantitative estimate of drug-likeness (QED) is 0.436. The van der Waals surface area contributed by atoms with E-state index in [0.717, 1.165) is 22.3 Å². The molecule has 0 saturated carbocycles. The van der Waals surface area contributed by atoms with Gasteiger partial charge < -0.3 is 0 Å². The molecule has 0 aliphatic carbocycles. The van der Waals surface area contributed by atoms with Crippen LogP contribution < -0.4 is 0 Å². The van der Waals surface area contributed by atoms with Crippen LogP contribution in [-0.4, -0.2) is 0 Å². The molecule has 0 spiro atoms. The van der Waals surface area contributed by atoms with E-state index < -0.39 is 0 Å². The van der Waals surface area contributed by atoms with E-state index in [4.69, 9.17) is 46.4 Å². The smallest absolute Gasteiger partial charge is 0.0426 e. The molecule has 0 amide bonds. The molecule has 4 heteroatoms. The Labute approximate surface area is 149 Å². The second-order valence-corrected chi connectivity index (χ2v) is 6.64. The molecule has 3 aromatic carbocycles. The molecule has 3 aromatic rings. The third-order valence-corrected chi connectivity index (χ3v) is 4.13. The Morgan fingerprint density at radius 1 is 0.409 bits per heavy atom. The van der Waals surface area contributed by atoms with Crippen molar-refractivity contribution >= 4 is 46.4 Å². The van der Waals surface area contributed by atoms with Crippen LogP contribution in [0.3, 0.4) is 0 Å². The molecular formula is C18H10Cl4. The Bertz CT molecular complexity index is 733. The summed E-state index contributed by atoms with van der Waals surface area (Å²) in [4.78, 5) is 0. The van der Waals surface area contributed by atoms with Crippen molar-refractivity contribution in [1.29, 1.82) is 0 Å². The Morgan fingerprint density at radius 3 is 1.14 bits per heavy atom. The predicted molar refractivity (Wildman–Crippen MR) is 97.4 cm³/mol.